The molecule has 32 heavy (non-hydrogen) atoms. The Morgan fingerprint density at radius 3 is 2.09 bits per heavy atom. The van der Waals surface area contributed by atoms with Gasteiger partial charge in [-0.15, -0.1) is 0 Å². The second-order valence-electron chi connectivity index (χ2n) is 10.6. The number of hydrogen-bond acceptors (Lipinski definition) is 3. The van der Waals surface area contributed by atoms with E-state index in [2.05, 4.69) is 33.0 Å². The highest BCUT2D eigenvalue weighted by Crippen LogP contribution is 2.81. The molecule has 0 unspecified atom stereocenters. The first-order valence-electron chi connectivity index (χ1n) is 12.1. The molecular formula is C26H34BrN3O2. The van der Waals surface area contributed by atoms with Crippen molar-refractivity contribution >= 4 is 27.7 Å². The SMILES string of the molecule is NC(=O)[C@]1(CCCCN2CCCC2)[C@@H]2C=C[C@@H](C23CC3)[C@@]1(Cc1ccc(Br)cc1)C(N)=O. The van der Waals surface area contributed by atoms with Crippen molar-refractivity contribution in [2.24, 2.45) is 39.5 Å². The zero-order valence-electron chi connectivity index (χ0n) is 18.7. The van der Waals surface area contributed by atoms with Crippen LogP contribution >= 0.6 is 15.9 Å². The van der Waals surface area contributed by atoms with E-state index in [9.17, 15) is 9.59 Å². The molecule has 0 radical (unpaired) electrons. The number of unbranched alkanes of at least 4 members (excludes halogenated alkanes) is 1. The zero-order valence-corrected chi connectivity index (χ0v) is 20.3. The van der Waals surface area contributed by atoms with Gasteiger partial charge in [-0.25, -0.2) is 0 Å². The van der Waals surface area contributed by atoms with Gasteiger partial charge in [-0.3, -0.25) is 9.59 Å². The van der Waals surface area contributed by atoms with Crippen molar-refractivity contribution in [1.29, 1.82) is 0 Å². The van der Waals surface area contributed by atoms with Gasteiger partial charge in [0.1, 0.15) is 0 Å². The predicted octanol–water partition coefficient (Wildman–Crippen LogP) is 3.80. The lowest BCUT2D eigenvalue weighted by molar-refractivity contribution is -0.151. The predicted molar refractivity (Wildman–Crippen MR) is 128 cm³/mol. The third kappa shape index (κ3) is 3.05. The molecular weight excluding hydrogens is 466 g/mol. The van der Waals surface area contributed by atoms with Gasteiger partial charge in [0.25, 0.3) is 0 Å². The number of halogens is 1. The van der Waals surface area contributed by atoms with Crippen LogP contribution in [0.15, 0.2) is 40.9 Å². The average Bonchev–Trinajstić information content (AvgIpc) is 3.13. The minimum atomic E-state index is -0.962. The van der Waals surface area contributed by atoms with Gasteiger partial charge < -0.3 is 16.4 Å². The van der Waals surface area contributed by atoms with Crippen LogP contribution in [0.3, 0.4) is 0 Å². The lowest BCUT2D eigenvalue weighted by Crippen LogP contribution is -2.60. The Labute approximate surface area is 199 Å². The molecule has 1 aromatic rings. The van der Waals surface area contributed by atoms with Gasteiger partial charge in [-0.1, -0.05) is 46.6 Å². The Balaban J connectivity index is 1.50. The minimum absolute atomic E-state index is 0.00558. The highest BCUT2D eigenvalue weighted by atomic mass is 79.9. The molecule has 1 heterocycles. The molecule has 4 aliphatic rings. The molecule has 6 heteroatoms. The van der Waals surface area contributed by atoms with Gasteiger partial charge in [0.2, 0.25) is 11.8 Å². The third-order valence-electron chi connectivity index (χ3n) is 9.19. The number of carbonyl (C=O) groups is 2. The normalized spacial score (nSPS) is 34.4. The molecule has 1 spiro atoms. The molecule has 2 saturated carbocycles. The maximum absolute atomic E-state index is 13.4. The quantitative estimate of drug-likeness (QED) is 0.399. The van der Waals surface area contributed by atoms with E-state index in [1.54, 1.807) is 0 Å². The van der Waals surface area contributed by atoms with Crippen LogP contribution in [-0.4, -0.2) is 36.3 Å². The lowest BCUT2D eigenvalue weighted by atomic mass is 9.53. The van der Waals surface area contributed by atoms with E-state index in [1.165, 1.54) is 25.9 Å². The first-order valence-corrected chi connectivity index (χ1v) is 12.9. The molecule has 4 atom stereocenters. The van der Waals surface area contributed by atoms with Crippen LogP contribution in [0, 0.1) is 28.1 Å². The summed E-state index contributed by atoms with van der Waals surface area (Å²) in [5, 5.41) is 0. The van der Waals surface area contributed by atoms with Gasteiger partial charge in [0.15, 0.2) is 0 Å². The molecule has 3 fully saturated rings. The summed E-state index contributed by atoms with van der Waals surface area (Å²) in [5.41, 5.74) is 11.7. The zero-order chi connectivity index (χ0) is 22.6. The molecule has 5 rings (SSSR count). The van der Waals surface area contributed by atoms with E-state index in [0.717, 1.165) is 42.3 Å². The molecule has 2 amide bonds. The largest absolute Gasteiger partial charge is 0.369 e. The van der Waals surface area contributed by atoms with E-state index in [4.69, 9.17) is 11.5 Å². The lowest BCUT2D eigenvalue weighted by Gasteiger charge is -2.48. The molecule has 1 aromatic carbocycles. The number of amides is 2. The first-order chi connectivity index (χ1) is 15.4. The van der Waals surface area contributed by atoms with Gasteiger partial charge in [0, 0.05) is 4.47 Å². The van der Waals surface area contributed by atoms with Crippen molar-refractivity contribution in [3.63, 3.8) is 0 Å². The smallest absolute Gasteiger partial charge is 0.225 e. The van der Waals surface area contributed by atoms with Crippen LogP contribution in [0.5, 0.6) is 0 Å². The van der Waals surface area contributed by atoms with E-state index in [0.29, 0.717) is 12.8 Å². The number of rotatable bonds is 9. The van der Waals surface area contributed by atoms with Gasteiger partial charge in [-0.2, -0.15) is 0 Å². The number of benzene rings is 1. The van der Waals surface area contributed by atoms with Crippen LogP contribution in [-0.2, 0) is 16.0 Å². The summed E-state index contributed by atoms with van der Waals surface area (Å²) >= 11 is 3.50. The molecule has 1 aliphatic heterocycles. The Bertz CT molecular complexity index is 935. The molecule has 4 N–H and O–H groups in total. The Morgan fingerprint density at radius 1 is 0.938 bits per heavy atom. The summed E-state index contributed by atoms with van der Waals surface area (Å²) in [6.07, 6.45) is 12.1. The van der Waals surface area contributed by atoms with E-state index < -0.39 is 10.8 Å². The Morgan fingerprint density at radius 2 is 1.53 bits per heavy atom. The highest BCUT2D eigenvalue weighted by Gasteiger charge is 2.81. The summed E-state index contributed by atoms with van der Waals surface area (Å²) in [4.78, 5) is 29.3. The van der Waals surface area contributed by atoms with Crippen molar-refractivity contribution < 1.29 is 9.59 Å². The standard InChI is InChI=1S/C26H34BrN3O2/c27-19-7-5-18(6-8-19)17-26(23(29)32)21-10-9-20(24(21)12-13-24)25(26,22(28)31)11-1-2-14-30-15-3-4-16-30/h5-10,20-21H,1-4,11-17H2,(H2,28,31)(H2,29,32)/t20-,21+,25+,26+/m1/s1. The van der Waals surface area contributed by atoms with Gasteiger partial charge >= 0.3 is 0 Å². The van der Waals surface area contributed by atoms with Crippen molar-refractivity contribution in [2.45, 2.75) is 51.4 Å². The average molecular weight is 500 g/mol. The van der Waals surface area contributed by atoms with Crippen LogP contribution in [0.25, 0.3) is 0 Å². The van der Waals surface area contributed by atoms with E-state index in [-0.39, 0.29) is 29.1 Å². The number of nitrogens with two attached hydrogens (primary N) is 2. The second-order valence-corrected chi connectivity index (χ2v) is 11.5. The number of carbonyl (C=O) groups excluding carboxylic acids is 2. The van der Waals surface area contributed by atoms with Crippen molar-refractivity contribution in [3.05, 3.63) is 46.5 Å². The fraction of sp³-hybridized carbons (Fsp3) is 0.615. The summed E-state index contributed by atoms with van der Waals surface area (Å²) in [5.74, 6) is -0.681. The molecule has 3 aliphatic carbocycles. The van der Waals surface area contributed by atoms with Crippen molar-refractivity contribution in [3.8, 4) is 0 Å². The van der Waals surface area contributed by atoms with E-state index in [1.807, 2.05) is 24.3 Å². The highest BCUT2D eigenvalue weighted by molar-refractivity contribution is 9.10. The number of primary amides is 2. The van der Waals surface area contributed by atoms with Crippen LogP contribution in [0.2, 0.25) is 0 Å². The fourth-order valence-electron chi connectivity index (χ4n) is 7.70. The minimum Gasteiger partial charge on any atom is -0.369 e. The summed E-state index contributed by atoms with van der Waals surface area (Å²) in [6, 6.07) is 8.04. The number of allylic oxidation sites excluding steroid dienone is 2. The van der Waals surface area contributed by atoms with Gasteiger partial charge in [-0.05, 0) is 99.5 Å². The van der Waals surface area contributed by atoms with Crippen molar-refractivity contribution in [2.75, 3.05) is 19.6 Å². The topological polar surface area (TPSA) is 89.4 Å². The van der Waals surface area contributed by atoms with E-state index >= 15 is 0 Å². The summed E-state index contributed by atoms with van der Waals surface area (Å²) in [6.45, 7) is 3.40. The number of hydrogen-bond donors (Lipinski definition) is 2. The Kier molecular flexibility index (Phi) is 5.52. The molecule has 172 valence electrons. The van der Waals surface area contributed by atoms with Crippen LogP contribution < -0.4 is 11.5 Å². The molecule has 5 nitrogen and oxygen atoms in total. The third-order valence-corrected chi connectivity index (χ3v) is 9.72. The Hall–Kier alpha value is -1.66. The summed E-state index contributed by atoms with van der Waals surface area (Å²) in [7, 11) is 0. The number of likely N-dealkylation sites (tertiary alicyclic amines) is 1. The van der Waals surface area contributed by atoms with Crippen molar-refractivity contribution in [1.82, 2.24) is 4.90 Å². The second kappa shape index (κ2) is 7.98. The monoisotopic (exact) mass is 499 g/mol. The first kappa shape index (κ1) is 22.1. The molecule has 1 saturated heterocycles. The maximum Gasteiger partial charge on any atom is 0.225 e. The molecule has 0 aromatic heterocycles. The maximum atomic E-state index is 13.4. The summed E-state index contributed by atoms with van der Waals surface area (Å²) < 4.78 is 0.990. The number of nitrogens with zero attached hydrogens (tertiary/aromatic N) is 1. The van der Waals surface area contributed by atoms with Crippen LogP contribution in [0.1, 0.15) is 50.5 Å². The molecule has 2 bridgehead atoms. The fourth-order valence-corrected chi connectivity index (χ4v) is 7.97. The van der Waals surface area contributed by atoms with Gasteiger partial charge in [0.05, 0.1) is 10.8 Å². The van der Waals surface area contributed by atoms with Crippen LogP contribution in [0.4, 0.5) is 0 Å².